The molecule has 1 aliphatic rings. The molecule has 8 nitrogen and oxygen atoms in total. The summed E-state index contributed by atoms with van der Waals surface area (Å²) >= 11 is 0. The number of hydrogen-bond acceptors (Lipinski definition) is 6. The van der Waals surface area contributed by atoms with Crippen LogP contribution in [0.3, 0.4) is 0 Å². The summed E-state index contributed by atoms with van der Waals surface area (Å²) in [5.74, 6) is 1.04. The van der Waals surface area contributed by atoms with Crippen LogP contribution in [0.1, 0.15) is 11.1 Å². The molecule has 9 heteroatoms. The molecule has 1 amide bonds. The highest BCUT2D eigenvalue weighted by molar-refractivity contribution is 7.89. The average molecular weight is 474 g/mol. The summed E-state index contributed by atoms with van der Waals surface area (Å²) in [7, 11) is -0.330. The van der Waals surface area contributed by atoms with Crippen LogP contribution < -0.4 is 14.8 Å². The van der Waals surface area contributed by atoms with Crippen LogP contribution in [0.5, 0.6) is 11.5 Å². The lowest BCUT2D eigenvalue weighted by molar-refractivity contribution is -0.116. The minimum absolute atomic E-state index is 0.189. The number of hydrogen-bond donors (Lipinski definition) is 1. The van der Waals surface area contributed by atoms with Gasteiger partial charge in [0.25, 0.3) is 0 Å². The van der Waals surface area contributed by atoms with Crippen LogP contribution in [0.2, 0.25) is 0 Å². The lowest BCUT2D eigenvalue weighted by Crippen LogP contribution is -2.50. The second-order valence-corrected chi connectivity index (χ2v) is 9.74. The fourth-order valence-electron chi connectivity index (χ4n) is 3.58. The van der Waals surface area contributed by atoms with Gasteiger partial charge in [0.05, 0.1) is 19.1 Å². The highest BCUT2D eigenvalue weighted by Gasteiger charge is 2.28. The number of aryl methyl sites for hydroxylation is 1. The first-order valence-corrected chi connectivity index (χ1v) is 12.2. The van der Waals surface area contributed by atoms with E-state index in [1.807, 2.05) is 25.1 Å². The van der Waals surface area contributed by atoms with Crippen LogP contribution in [0.25, 0.3) is 6.08 Å². The number of piperazine rings is 1. The van der Waals surface area contributed by atoms with Gasteiger partial charge in [-0.2, -0.15) is 4.31 Å². The molecule has 0 spiro atoms. The van der Waals surface area contributed by atoms with Gasteiger partial charge in [-0.25, -0.2) is 8.42 Å². The van der Waals surface area contributed by atoms with E-state index in [2.05, 4.69) is 10.2 Å². The monoisotopic (exact) mass is 473 g/mol. The van der Waals surface area contributed by atoms with Gasteiger partial charge in [0.1, 0.15) is 0 Å². The molecule has 0 atom stereocenters. The Kier molecular flexibility index (Phi) is 8.49. The Morgan fingerprint density at radius 3 is 2.30 bits per heavy atom. The van der Waals surface area contributed by atoms with Crippen molar-refractivity contribution in [1.29, 1.82) is 0 Å². The molecule has 1 fully saturated rings. The molecule has 3 rings (SSSR count). The van der Waals surface area contributed by atoms with Gasteiger partial charge in [0.2, 0.25) is 15.9 Å². The lowest BCUT2D eigenvalue weighted by atomic mass is 10.2. The molecule has 0 unspecified atom stereocenters. The van der Waals surface area contributed by atoms with Gasteiger partial charge in [0, 0.05) is 45.3 Å². The number of nitrogens with one attached hydrogen (secondary N) is 1. The van der Waals surface area contributed by atoms with Gasteiger partial charge in [-0.15, -0.1) is 0 Å². The fraction of sp³-hybridized carbons (Fsp3) is 0.375. The molecule has 1 heterocycles. The van der Waals surface area contributed by atoms with E-state index in [4.69, 9.17) is 9.47 Å². The number of methoxy groups -OCH3 is 2. The summed E-state index contributed by atoms with van der Waals surface area (Å²) in [4.78, 5) is 14.6. The highest BCUT2D eigenvalue weighted by Crippen LogP contribution is 2.27. The maximum absolute atomic E-state index is 12.8. The van der Waals surface area contributed by atoms with Crippen molar-refractivity contribution in [3.05, 3.63) is 59.7 Å². The first-order valence-electron chi connectivity index (χ1n) is 10.8. The molecule has 2 aromatic rings. The van der Waals surface area contributed by atoms with Gasteiger partial charge in [-0.1, -0.05) is 23.8 Å². The number of amides is 1. The van der Waals surface area contributed by atoms with Crippen molar-refractivity contribution in [3.8, 4) is 11.5 Å². The molecule has 1 aliphatic heterocycles. The predicted molar refractivity (Wildman–Crippen MR) is 128 cm³/mol. The van der Waals surface area contributed by atoms with Gasteiger partial charge in [-0.3, -0.25) is 9.69 Å². The van der Waals surface area contributed by atoms with Crippen LogP contribution in [-0.2, 0) is 14.8 Å². The van der Waals surface area contributed by atoms with Crippen molar-refractivity contribution in [2.45, 2.75) is 11.8 Å². The number of rotatable bonds is 9. The summed E-state index contributed by atoms with van der Waals surface area (Å²) in [6.45, 7) is 5.20. The van der Waals surface area contributed by atoms with Gasteiger partial charge in [-0.05, 0) is 42.8 Å². The molecule has 1 saturated heterocycles. The normalized spacial score (nSPS) is 15.5. The van der Waals surface area contributed by atoms with E-state index in [0.717, 1.165) is 11.1 Å². The first-order chi connectivity index (χ1) is 15.8. The maximum Gasteiger partial charge on any atom is 0.244 e. The van der Waals surface area contributed by atoms with Gasteiger partial charge < -0.3 is 14.8 Å². The molecule has 2 aromatic carbocycles. The Morgan fingerprint density at radius 1 is 1.00 bits per heavy atom. The van der Waals surface area contributed by atoms with E-state index in [-0.39, 0.29) is 5.91 Å². The maximum atomic E-state index is 12.8. The number of sulfonamides is 1. The third kappa shape index (κ3) is 6.56. The first kappa shape index (κ1) is 24.8. The molecular formula is C24H31N3O5S. The minimum Gasteiger partial charge on any atom is -0.493 e. The lowest BCUT2D eigenvalue weighted by Gasteiger charge is -2.33. The van der Waals surface area contributed by atoms with E-state index >= 15 is 0 Å². The van der Waals surface area contributed by atoms with E-state index in [1.165, 1.54) is 10.4 Å². The zero-order valence-electron chi connectivity index (χ0n) is 19.3. The predicted octanol–water partition coefficient (Wildman–Crippen LogP) is 2.15. The second kappa shape index (κ2) is 11.3. The van der Waals surface area contributed by atoms with E-state index in [0.29, 0.717) is 55.7 Å². The molecule has 33 heavy (non-hydrogen) atoms. The number of carbonyl (C=O) groups is 1. The molecule has 0 aliphatic carbocycles. The molecule has 1 N–H and O–H groups in total. The topological polar surface area (TPSA) is 88.2 Å². The van der Waals surface area contributed by atoms with Gasteiger partial charge >= 0.3 is 0 Å². The van der Waals surface area contributed by atoms with Crippen molar-refractivity contribution < 1.29 is 22.7 Å². The standard InChI is InChI=1S/C24H31N3O5S/c1-19-4-8-21(9-5-19)33(29,30)27-16-14-26(15-17-27)13-12-25-24(28)11-7-20-6-10-22(31-2)23(18-20)32-3/h4-11,18H,12-17H2,1-3H3,(H,25,28). The number of benzene rings is 2. The number of nitrogens with zero attached hydrogens (tertiary/aromatic N) is 2. The largest absolute Gasteiger partial charge is 0.493 e. The minimum atomic E-state index is -3.47. The second-order valence-electron chi connectivity index (χ2n) is 7.80. The Balaban J connectivity index is 1.42. The van der Waals surface area contributed by atoms with Gasteiger partial charge in [0.15, 0.2) is 11.5 Å². The smallest absolute Gasteiger partial charge is 0.244 e. The third-order valence-corrected chi connectivity index (χ3v) is 7.46. The van der Waals surface area contributed by atoms with Crippen molar-refractivity contribution >= 4 is 22.0 Å². The van der Waals surface area contributed by atoms with Crippen LogP contribution >= 0.6 is 0 Å². The van der Waals surface area contributed by atoms with Crippen molar-refractivity contribution in [2.24, 2.45) is 0 Å². The Hall–Kier alpha value is -2.88. The van der Waals surface area contributed by atoms with E-state index in [9.17, 15) is 13.2 Å². The van der Waals surface area contributed by atoms with E-state index < -0.39 is 10.0 Å². The third-order valence-electron chi connectivity index (χ3n) is 5.55. The Labute approximate surface area is 195 Å². The SMILES string of the molecule is COc1ccc(C=CC(=O)NCCN2CCN(S(=O)(=O)c3ccc(C)cc3)CC2)cc1OC. The van der Waals surface area contributed by atoms with Crippen molar-refractivity contribution in [1.82, 2.24) is 14.5 Å². The van der Waals surface area contributed by atoms with Crippen molar-refractivity contribution in [3.63, 3.8) is 0 Å². The molecule has 0 radical (unpaired) electrons. The summed E-state index contributed by atoms with van der Waals surface area (Å²) < 4.78 is 37.6. The van der Waals surface area contributed by atoms with Crippen molar-refractivity contribution in [2.75, 3.05) is 53.5 Å². The fourth-order valence-corrected chi connectivity index (χ4v) is 5.00. The molecule has 0 aromatic heterocycles. The number of carbonyl (C=O) groups excluding carboxylic acids is 1. The van der Waals surface area contributed by atoms with E-state index in [1.54, 1.807) is 44.6 Å². The number of ether oxygens (including phenoxy) is 2. The summed E-state index contributed by atoms with van der Waals surface area (Å²) in [6, 6.07) is 12.4. The highest BCUT2D eigenvalue weighted by atomic mass is 32.2. The quantitative estimate of drug-likeness (QED) is 0.562. The molecular weight excluding hydrogens is 442 g/mol. The Morgan fingerprint density at radius 2 is 1.67 bits per heavy atom. The van der Waals surface area contributed by atoms with Crippen LogP contribution in [0.4, 0.5) is 0 Å². The Bertz CT molecular complexity index is 1080. The molecule has 0 bridgehead atoms. The summed E-state index contributed by atoms with van der Waals surface area (Å²) in [5.41, 5.74) is 1.85. The zero-order valence-corrected chi connectivity index (χ0v) is 20.1. The summed E-state index contributed by atoms with van der Waals surface area (Å²) in [5, 5.41) is 2.87. The zero-order chi connectivity index (χ0) is 23.8. The average Bonchev–Trinajstić information content (AvgIpc) is 2.83. The molecule has 0 saturated carbocycles. The summed E-state index contributed by atoms with van der Waals surface area (Å²) in [6.07, 6.45) is 3.19. The van der Waals surface area contributed by atoms with Crippen LogP contribution in [0, 0.1) is 6.92 Å². The van der Waals surface area contributed by atoms with Crippen LogP contribution in [0.15, 0.2) is 53.4 Å². The van der Waals surface area contributed by atoms with Crippen LogP contribution in [-0.4, -0.2) is 77.0 Å². The molecule has 178 valence electrons.